The van der Waals surface area contributed by atoms with E-state index in [9.17, 15) is 4.79 Å². The van der Waals surface area contributed by atoms with Crippen LogP contribution >= 0.6 is 0 Å². The van der Waals surface area contributed by atoms with Crippen molar-refractivity contribution in [1.29, 1.82) is 0 Å². The number of hydrogen-bond donors (Lipinski definition) is 0. The average molecular weight is 498 g/mol. The van der Waals surface area contributed by atoms with Crippen LogP contribution in [0.5, 0.6) is 5.75 Å². The summed E-state index contributed by atoms with van der Waals surface area (Å²) < 4.78 is 18.1. The van der Waals surface area contributed by atoms with Gasteiger partial charge in [-0.05, 0) is 61.5 Å². The van der Waals surface area contributed by atoms with Crippen LogP contribution in [0.1, 0.15) is 6.92 Å². The van der Waals surface area contributed by atoms with E-state index in [4.69, 9.17) is 13.6 Å². The lowest BCUT2D eigenvalue weighted by molar-refractivity contribution is 0.340. The van der Waals surface area contributed by atoms with E-state index in [2.05, 4.69) is 41.3 Å². The van der Waals surface area contributed by atoms with E-state index in [0.29, 0.717) is 39.9 Å². The van der Waals surface area contributed by atoms with Gasteiger partial charge in [0.1, 0.15) is 28.1 Å². The topological polar surface area (TPSA) is 55.8 Å². The molecule has 0 radical (unpaired) electrons. The Hall–Kier alpha value is -5.03. The maximum Gasteiger partial charge on any atom is 0.200 e. The fourth-order valence-corrected chi connectivity index (χ4v) is 5.09. The van der Waals surface area contributed by atoms with Crippen molar-refractivity contribution in [2.45, 2.75) is 6.92 Å². The number of anilines is 3. The summed E-state index contributed by atoms with van der Waals surface area (Å²) >= 11 is 0. The standard InChI is InChI=1S/C33H23NO4/c1-2-36-24-14-16-26-30(18-24)38-32-20-31-27(19-28(32)33(26)35)25-15-13-23(17-29(25)37-31)34(21-9-5-3-6-10-21)22-11-7-4-8-12-22/h3-20H,2H2,1H3. The molecule has 5 nitrogen and oxygen atoms in total. The molecule has 7 aromatic rings. The summed E-state index contributed by atoms with van der Waals surface area (Å²) in [6.07, 6.45) is 0. The molecule has 0 N–H and O–H groups in total. The lowest BCUT2D eigenvalue weighted by Crippen LogP contribution is -2.09. The molecule has 2 heterocycles. The lowest BCUT2D eigenvalue weighted by Gasteiger charge is -2.25. The number of fused-ring (bicyclic) bond motifs is 5. The molecular formula is C33H23NO4. The largest absolute Gasteiger partial charge is 0.494 e. The van der Waals surface area contributed by atoms with Gasteiger partial charge in [0.25, 0.3) is 0 Å². The Morgan fingerprint density at radius 1 is 0.579 bits per heavy atom. The third-order valence-corrected chi connectivity index (χ3v) is 6.82. The Balaban J connectivity index is 1.42. The second-order valence-electron chi connectivity index (χ2n) is 9.16. The van der Waals surface area contributed by atoms with Crippen molar-refractivity contribution in [3.63, 3.8) is 0 Å². The van der Waals surface area contributed by atoms with Crippen LogP contribution in [-0.2, 0) is 0 Å². The predicted octanol–water partition coefficient (Wildman–Crippen LogP) is 8.71. The lowest BCUT2D eigenvalue weighted by atomic mass is 10.1. The first kappa shape index (κ1) is 22.2. The Labute approximate surface area is 218 Å². The fraction of sp³-hybridized carbons (Fsp3) is 0.0606. The average Bonchev–Trinajstić information content (AvgIpc) is 3.30. The van der Waals surface area contributed by atoms with Crippen LogP contribution in [0.4, 0.5) is 17.1 Å². The van der Waals surface area contributed by atoms with E-state index < -0.39 is 0 Å². The van der Waals surface area contributed by atoms with Crippen molar-refractivity contribution in [2.24, 2.45) is 0 Å². The number of benzene rings is 5. The Bertz CT molecular complexity index is 1970. The van der Waals surface area contributed by atoms with Crippen molar-refractivity contribution >= 4 is 60.9 Å². The van der Waals surface area contributed by atoms with Crippen molar-refractivity contribution in [3.05, 3.63) is 119 Å². The number of nitrogens with zero attached hydrogens (tertiary/aromatic N) is 1. The van der Waals surface area contributed by atoms with Gasteiger partial charge >= 0.3 is 0 Å². The molecule has 7 rings (SSSR count). The number of ether oxygens (including phenoxy) is 1. The Kier molecular flexibility index (Phi) is 5.15. The summed E-state index contributed by atoms with van der Waals surface area (Å²) in [6.45, 7) is 2.46. The molecule has 2 aromatic heterocycles. The van der Waals surface area contributed by atoms with Gasteiger partial charge in [-0.25, -0.2) is 0 Å². The van der Waals surface area contributed by atoms with Crippen LogP contribution in [0, 0.1) is 0 Å². The number of hydrogen-bond acceptors (Lipinski definition) is 5. The van der Waals surface area contributed by atoms with Crippen LogP contribution in [0.3, 0.4) is 0 Å². The van der Waals surface area contributed by atoms with Crippen LogP contribution in [-0.4, -0.2) is 6.61 Å². The third-order valence-electron chi connectivity index (χ3n) is 6.82. The minimum Gasteiger partial charge on any atom is -0.494 e. The molecule has 0 aliphatic rings. The van der Waals surface area contributed by atoms with Gasteiger partial charge in [-0.3, -0.25) is 4.79 Å². The number of para-hydroxylation sites is 2. The Morgan fingerprint density at radius 2 is 1.18 bits per heavy atom. The molecule has 5 heteroatoms. The highest BCUT2D eigenvalue weighted by atomic mass is 16.5. The maximum atomic E-state index is 13.4. The number of furan rings is 1. The van der Waals surface area contributed by atoms with Gasteiger partial charge in [0.15, 0.2) is 0 Å². The SMILES string of the molecule is CCOc1ccc2c(=O)c3cc4c(cc3oc2c1)oc1cc(N(c2ccccc2)c2ccccc2)ccc14. The molecule has 0 atom stereocenters. The minimum atomic E-state index is -0.0727. The zero-order valence-corrected chi connectivity index (χ0v) is 20.7. The van der Waals surface area contributed by atoms with Gasteiger partial charge in [-0.15, -0.1) is 0 Å². The van der Waals surface area contributed by atoms with Crippen LogP contribution in [0.25, 0.3) is 43.9 Å². The second kappa shape index (κ2) is 8.82. The molecule has 0 aliphatic heterocycles. The molecule has 0 fully saturated rings. The first-order chi connectivity index (χ1) is 18.7. The van der Waals surface area contributed by atoms with E-state index in [0.717, 1.165) is 33.4 Å². The summed E-state index contributed by atoms with van der Waals surface area (Å²) in [4.78, 5) is 15.6. The fourth-order valence-electron chi connectivity index (χ4n) is 5.09. The molecule has 0 unspecified atom stereocenters. The summed E-state index contributed by atoms with van der Waals surface area (Å²) in [5.41, 5.74) is 5.38. The van der Waals surface area contributed by atoms with Gasteiger partial charge in [0.2, 0.25) is 5.43 Å². The van der Waals surface area contributed by atoms with Crippen molar-refractivity contribution in [3.8, 4) is 5.75 Å². The first-order valence-corrected chi connectivity index (χ1v) is 12.6. The number of rotatable bonds is 5. The normalized spacial score (nSPS) is 11.5. The quantitative estimate of drug-likeness (QED) is 0.223. The molecule has 0 saturated heterocycles. The van der Waals surface area contributed by atoms with Gasteiger partial charge in [-0.2, -0.15) is 0 Å². The smallest absolute Gasteiger partial charge is 0.200 e. The molecule has 0 amide bonds. The van der Waals surface area contributed by atoms with E-state index in [1.54, 1.807) is 18.2 Å². The molecule has 184 valence electrons. The highest BCUT2D eigenvalue weighted by Gasteiger charge is 2.17. The van der Waals surface area contributed by atoms with Crippen LogP contribution in [0.15, 0.2) is 123 Å². The second-order valence-corrected chi connectivity index (χ2v) is 9.16. The molecule has 38 heavy (non-hydrogen) atoms. The minimum absolute atomic E-state index is 0.0727. The maximum absolute atomic E-state index is 13.4. The van der Waals surface area contributed by atoms with E-state index in [1.807, 2.05) is 61.5 Å². The highest BCUT2D eigenvalue weighted by Crippen LogP contribution is 2.39. The predicted molar refractivity (Wildman–Crippen MR) is 153 cm³/mol. The molecular weight excluding hydrogens is 474 g/mol. The summed E-state index contributed by atoms with van der Waals surface area (Å²) in [6, 6.07) is 35.7. The zero-order valence-electron chi connectivity index (χ0n) is 20.7. The first-order valence-electron chi connectivity index (χ1n) is 12.6. The van der Waals surface area contributed by atoms with E-state index in [-0.39, 0.29) is 5.43 Å². The van der Waals surface area contributed by atoms with Gasteiger partial charge in [0.05, 0.1) is 17.4 Å². The van der Waals surface area contributed by atoms with Gasteiger partial charge in [-0.1, -0.05) is 36.4 Å². The van der Waals surface area contributed by atoms with Crippen LogP contribution < -0.4 is 15.1 Å². The van der Waals surface area contributed by atoms with Gasteiger partial charge < -0.3 is 18.5 Å². The summed E-state index contributed by atoms with van der Waals surface area (Å²) in [5, 5.41) is 2.87. The molecule has 0 spiro atoms. The van der Waals surface area contributed by atoms with E-state index >= 15 is 0 Å². The van der Waals surface area contributed by atoms with Crippen molar-refractivity contribution in [2.75, 3.05) is 11.5 Å². The monoisotopic (exact) mass is 497 g/mol. The van der Waals surface area contributed by atoms with Crippen LogP contribution in [0.2, 0.25) is 0 Å². The molecule has 5 aromatic carbocycles. The third kappa shape index (κ3) is 3.59. The molecule has 0 saturated carbocycles. The zero-order chi connectivity index (χ0) is 25.6. The van der Waals surface area contributed by atoms with Gasteiger partial charge in [0, 0.05) is 46.0 Å². The van der Waals surface area contributed by atoms with E-state index in [1.165, 1.54) is 0 Å². The Morgan fingerprint density at radius 3 is 1.87 bits per heavy atom. The van der Waals surface area contributed by atoms with Crippen molar-refractivity contribution in [1.82, 2.24) is 0 Å². The summed E-state index contributed by atoms with van der Waals surface area (Å²) in [7, 11) is 0. The molecule has 0 bridgehead atoms. The highest BCUT2D eigenvalue weighted by molar-refractivity contribution is 6.10. The summed E-state index contributed by atoms with van der Waals surface area (Å²) in [5.74, 6) is 0.668. The van der Waals surface area contributed by atoms with Crippen molar-refractivity contribution < 1.29 is 13.6 Å². The molecule has 0 aliphatic carbocycles.